The number of methoxy groups -OCH3 is 1. The topological polar surface area (TPSA) is 88.6 Å². The van der Waals surface area contributed by atoms with E-state index in [4.69, 9.17) is 4.74 Å². The van der Waals surface area contributed by atoms with Crippen molar-refractivity contribution in [2.75, 3.05) is 33.0 Å². The molecule has 2 aromatic rings. The third-order valence-corrected chi connectivity index (χ3v) is 6.15. The molecule has 30 heavy (non-hydrogen) atoms. The summed E-state index contributed by atoms with van der Waals surface area (Å²) in [4.78, 5) is 18.7. The Kier molecular flexibility index (Phi) is 7.44. The summed E-state index contributed by atoms with van der Waals surface area (Å²) in [6, 6.07) is 11.8. The smallest absolute Gasteiger partial charge is 0.255 e. The van der Waals surface area contributed by atoms with E-state index in [1.807, 2.05) is 4.90 Å². The third-order valence-electron chi connectivity index (χ3n) is 5.42. The normalized spacial score (nSPS) is 15.2. The Morgan fingerprint density at radius 3 is 2.37 bits per heavy atom. The summed E-state index contributed by atoms with van der Waals surface area (Å²) < 4.78 is 29.8. The number of nitrogens with one attached hydrogen (secondary N) is 1. The maximum Gasteiger partial charge on any atom is 0.255 e. The average molecular weight is 432 g/mol. The molecule has 0 aliphatic carbocycles. The van der Waals surface area contributed by atoms with E-state index < -0.39 is 10.0 Å². The molecule has 1 fully saturated rings. The molecule has 0 spiro atoms. The Morgan fingerprint density at radius 2 is 1.80 bits per heavy atom. The molecule has 1 aliphatic heterocycles. The summed E-state index contributed by atoms with van der Waals surface area (Å²) in [5.74, 6) is 1.08. The minimum atomic E-state index is -3.14. The van der Waals surface area contributed by atoms with Crippen LogP contribution in [0.3, 0.4) is 0 Å². The van der Waals surface area contributed by atoms with Crippen LogP contribution in [-0.2, 0) is 22.9 Å². The largest absolute Gasteiger partial charge is 0.481 e. The van der Waals surface area contributed by atoms with Crippen LogP contribution in [0.1, 0.15) is 34.3 Å². The Morgan fingerprint density at radius 1 is 1.13 bits per heavy atom. The van der Waals surface area contributed by atoms with Gasteiger partial charge in [-0.15, -0.1) is 0 Å². The molecule has 1 saturated heterocycles. The lowest BCUT2D eigenvalue weighted by Crippen LogP contribution is -2.38. The van der Waals surface area contributed by atoms with Gasteiger partial charge in [-0.25, -0.2) is 18.1 Å². The number of likely N-dealkylation sites (tertiary alicyclic amines) is 1. The van der Waals surface area contributed by atoms with Gasteiger partial charge in [0.2, 0.25) is 15.9 Å². The minimum Gasteiger partial charge on any atom is -0.481 e. The first-order valence-corrected chi connectivity index (χ1v) is 12.0. The Hall–Kier alpha value is -2.45. The van der Waals surface area contributed by atoms with E-state index in [-0.39, 0.29) is 5.91 Å². The fraction of sp³-hybridized carbons (Fsp3) is 0.455. The summed E-state index contributed by atoms with van der Waals surface area (Å²) in [5.41, 5.74) is 2.98. The van der Waals surface area contributed by atoms with Gasteiger partial charge in [-0.1, -0.05) is 24.3 Å². The van der Waals surface area contributed by atoms with Gasteiger partial charge in [0.05, 0.1) is 18.9 Å². The molecule has 1 N–H and O–H groups in total. The number of pyridine rings is 1. The number of hydrogen-bond acceptors (Lipinski definition) is 5. The van der Waals surface area contributed by atoms with Crippen LogP contribution in [0, 0.1) is 5.92 Å². The SMILES string of the molecule is COc1ccc(C(=O)N2CCC(Cc3ccc(CCNS(C)(=O)=O)cc3)CC2)cn1. The number of benzene rings is 1. The van der Waals surface area contributed by atoms with Crippen LogP contribution in [0.4, 0.5) is 0 Å². The number of ether oxygens (including phenoxy) is 1. The molecule has 1 aliphatic rings. The zero-order valence-corrected chi connectivity index (χ0v) is 18.3. The van der Waals surface area contributed by atoms with Gasteiger partial charge in [0.1, 0.15) is 0 Å². The van der Waals surface area contributed by atoms with Gasteiger partial charge < -0.3 is 9.64 Å². The first-order valence-electron chi connectivity index (χ1n) is 10.2. The van der Waals surface area contributed by atoms with Crippen LogP contribution in [0.25, 0.3) is 0 Å². The molecule has 1 aromatic heterocycles. The lowest BCUT2D eigenvalue weighted by Gasteiger charge is -2.32. The predicted molar refractivity (Wildman–Crippen MR) is 116 cm³/mol. The van der Waals surface area contributed by atoms with E-state index in [9.17, 15) is 13.2 Å². The van der Waals surface area contributed by atoms with Crippen molar-refractivity contribution >= 4 is 15.9 Å². The van der Waals surface area contributed by atoms with Crippen molar-refractivity contribution in [3.05, 3.63) is 59.3 Å². The number of nitrogens with zero attached hydrogens (tertiary/aromatic N) is 2. The lowest BCUT2D eigenvalue weighted by atomic mass is 9.89. The molecule has 2 heterocycles. The number of carbonyl (C=O) groups is 1. The number of amides is 1. The van der Waals surface area contributed by atoms with Gasteiger partial charge in [0, 0.05) is 31.9 Å². The molecular weight excluding hydrogens is 402 g/mol. The Labute approximate surface area is 178 Å². The zero-order chi connectivity index (χ0) is 21.6. The van der Waals surface area contributed by atoms with E-state index in [0.717, 1.165) is 37.9 Å². The predicted octanol–water partition coefficient (Wildman–Crippen LogP) is 2.28. The van der Waals surface area contributed by atoms with Crippen LogP contribution in [0.15, 0.2) is 42.6 Å². The van der Waals surface area contributed by atoms with Crippen molar-refractivity contribution < 1.29 is 17.9 Å². The summed E-state index contributed by atoms with van der Waals surface area (Å²) in [5, 5.41) is 0. The van der Waals surface area contributed by atoms with Crippen molar-refractivity contribution in [3.63, 3.8) is 0 Å². The van der Waals surface area contributed by atoms with E-state index in [2.05, 4.69) is 34.0 Å². The van der Waals surface area contributed by atoms with Gasteiger partial charge in [-0.05, 0) is 48.8 Å². The molecule has 162 valence electrons. The molecule has 0 saturated carbocycles. The number of hydrogen-bond donors (Lipinski definition) is 1. The van der Waals surface area contributed by atoms with E-state index in [1.165, 1.54) is 11.8 Å². The molecule has 7 nitrogen and oxygen atoms in total. The molecular formula is C22H29N3O4S. The second-order valence-electron chi connectivity index (χ2n) is 7.76. The molecule has 3 rings (SSSR count). The molecule has 0 atom stereocenters. The standard InChI is InChI=1S/C22H29N3O4S/c1-29-21-8-7-20(16-23-21)22(26)25-13-10-19(11-14-25)15-18-5-3-17(4-6-18)9-12-24-30(2,27)28/h3-8,16,19,24H,9-15H2,1-2H3. The average Bonchev–Trinajstić information content (AvgIpc) is 2.74. The fourth-order valence-corrected chi connectivity index (χ4v) is 4.18. The second-order valence-corrected chi connectivity index (χ2v) is 9.59. The van der Waals surface area contributed by atoms with Gasteiger partial charge in [-0.2, -0.15) is 0 Å². The molecule has 0 radical (unpaired) electrons. The Bertz CT molecular complexity index is 935. The maximum atomic E-state index is 12.7. The number of sulfonamides is 1. The molecule has 0 unspecified atom stereocenters. The summed E-state index contributed by atoms with van der Waals surface area (Å²) in [6.07, 6.45) is 6.37. The highest BCUT2D eigenvalue weighted by atomic mass is 32.2. The van der Waals surface area contributed by atoms with Gasteiger partial charge in [-0.3, -0.25) is 4.79 Å². The highest BCUT2D eigenvalue weighted by molar-refractivity contribution is 7.88. The number of aromatic nitrogens is 1. The van der Waals surface area contributed by atoms with E-state index in [1.54, 1.807) is 25.4 Å². The first-order chi connectivity index (χ1) is 14.3. The molecule has 8 heteroatoms. The number of rotatable bonds is 8. The maximum absolute atomic E-state index is 12.7. The van der Waals surface area contributed by atoms with E-state index >= 15 is 0 Å². The monoisotopic (exact) mass is 431 g/mol. The van der Waals surface area contributed by atoms with Crippen molar-refractivity contribution in [2.24, 2.45) is 5.92 Å². The summed E-state index contributed by atoms with van der Waals surface area (Å²) >= 11 is 0. The van der Waals surface area contributed by atoms with Crippen LogP contribution < -0.4 is 9.46 Å². The van der Waals surface area contributed by atoms with Crippen LogP contribution >= 0.6 is 0 Å². The third kappa shape index (κ3) is 6.53. The van der Waals surface area contributed by atoms with Gasteiger partial charge >= 0.3 is 0 Å². The van der Waals surface area contributed by atoms with Crippen molar-refractivity contribution in [2.45, 2.75) is 25.7 Å². The minimum absolute atomic E-state index is 0.0238. The van der Waals surface area contributed by atoms with Gasteiger partial charge in [0.25, 0.3) is 5.91 Å². The van der Waals surface area contributed by atoms with Crippen LogP contribution in [-0.4, -0.2) is 57.2 Å². The lowest BCUT2D eigenvalue weighted by molar-refractivity contribution is 0.0690. The summed E-state index contributed by atoms with van der Waals surface area (Å²) in [7, 11) is -1.59. The van der Waals surface area contributed by atoms with Crippen LogP contribution in [0.2, 0.25) is 0 Å². The molecule has 0 bridgehead atoms. The second kappa shape index (κ2) is 10.0. The quantitative estimate of drug-likeness (QED) is 0.693. The Balaban J connectivity index is 1.45. The van der Waals surface area contributed by atoms with Crippen LogP contribution in [0.5, 0.6) is 5.88 Å². The van der Waals surface area contributed by atoms with Crippen molar-refractivity contribution in [1.82, 2.24) is 14.6 Å². The van der Waals surface area contributed by atoms with Crippen molar-refractivity contribution in [3.8, 4) is 5.88 Å². The zero-order valence-electron chi connectivity index (χ0n) is 17.5. The molecule has 1 amide bonds. The molecule has 1 aromatic carbocycles. The summed E-state index contributed by atoms with van der Waals surface area (Å²) in [6.45, 7) is 1.92. The fourth-order valence-electron chi connectivity index (χ4n) is 3.71. The number of piperidine rings is 1. The van der Waals surface area contributed by atoms with Crippen molar-refractivity contribution in [1.29, 1.82) is 0 Å². The number of carbonyl (C=O) groups excluding carboxylic acids is 1. The van der Waals surface area contributed by atoms with Gasteiger partial charge in [0.15, 0.2) is 0 Å². The highest BCUT2D eigenvalue weighted by Crippen LogP contribution is 2.23. The highest BCUT2D eigenvalue weighted by Gasteiger charge is 2.24. The first kappa shape index (κ1) is 22.2. The van der Waals surface area contributed by atoms with E-state index in [0.29, 0.717) is 30.3 Å².